The highest BCUT2D eigenvalue weighted by atomic mass is 32.1. The second-order valence-electron chi connectivity index (χ2n) is 7.25. The summed E-state index contributed by atoms with van der Waals surface area (Å²) < 4.78 is 15.1. The molecule has 2 N–H and O–H groups in total. The lowest BCUT2D eigenvalue weighted by atomic mass is 9.93. The number of benzene rings is 3. The lowest BCUT2D eigenvalue weighted by Gasteiger charge is -2.18. The van der Waals surface area contributed by atoms with Crippen LogP contribution >= 0.6 is 11.3 Å². The number of hydrogen-bond acceptors (Lipinski definition) is 3. The van der Waals surface area contributed by atoms with Crippen molar-refractivity contribution in [1.82, 2.24) is 5.32 Å². The van der Waals surface area contributed by atoms with Gasteiger partial charge in [-0.1, -0.05) is 36.4 Å². The van der Waals surface area contributed by atoms with Gasteiger partial charge in [0.05, 0.1) is 11.6 Å². The Bertz CT molecular complexity index is 1330. The number of thiophene rings is 1. The standard InChI is InChI=1S/C24H17FN2O2S/c1-13-6-2-3-7-14(13)22-21-15(23(28)27-22)8-4-10-18(21)26-24(29)16-12-30-19-11-5-9-17(25)20(16)19/h2-12,22H,1H3,(H,26,29)(H,27,28). The maximum absolute atomic E-state index is 14.3. The summed E-state index contributed by atoms with van der Waals surface area (Å²) in [6, 6.07) is 17.5. The highest BCUT2D eigenvalue weighted by molar-refractivity contribution is 7.17. The van der Waals surface area contributed by atoms with E-state index in [1.807, 2.05) is 31.2 Å². The van der Waals surface area contributed by atoms with E-state index in [0.29, 0.717) is 21.3 Å². The molecular weight excluding hydrogens is 399 g/mol. The van der Waals surface area contributed by atoms with Crippen molar-refractivity contribution in [3.8, 4) is 0 Å². The van der Waals surface area contributed by atoms with Gasteiger partial charge in [-0.3, -0.25) is 9.59 Å². The first kappa shape index (κ1) is 18.5. The molecule has 0 bridgehead atoms. The number of carbonyl (C=O) groups is 2. The van der Waals surface area contributed by atoms with Crippen LogP contribution in [0.1, 0.15) is 43.4 Å². The predicted molar refractivity (Wildman–Crippen MR) is 117 cm³/mol. The van der Waals surface area contributed by atoms with E-state index in [2.05, 4.69) is 10.6 Å². The van der Waals surface area contributed by atoms with E-state index in [1.165, 1.54) is 17.4 Å². The summed E-state index contributed by atoms with van der Waals surface area (Å²) in [6.07, 6.45) is 0. The third-order valence-electron chi connectivity index (χ3n) is 5.46. The molecule has 4 aromatic rings. The van der Waals surface area contributed by atoms with Crippen LogP contribution in [0.15, 0.2) is 66.0 Å². The van der Waals surface area contributed by atoms with Crippen LogP contribution in [-0.2, 0) is 0 Å². The first-order chi connectivity index (χ1) is 14.5. The van der Waals surface area contributed by atoms with E-state index in [0.717, 1.165) is 16.7 Å². The molecule has 148 valence electrons. The molecule has 1 atom stereocenters. The van der Waals surface area contributed by atoms with E-state index in [1.54, 1.807) is 35.7 Å². The zero-order chi connectivity index (χ0) is 20.8. The zero-order valence-electron chi connectivity index (χ0n) is 16.0. The summed E-state index contributed by atoms with van der Waals surface area (Å²) in [5.74, 6) is -1.00. The van der Waals surface area contributed by atoms with Gasteiger partial charge in [-0.2, -0.15) is 0 Å². The summed E-state index contributed by atoms with van der Waals surface area (Å²) in [4.78, 5) is 25.6. The smallest absolute Gasteiger partial charge is 0.257 e. The van der Waals surface area contributed by atoms with Crippen LogP contribution in [0.5, 0.6) is 0 Å². The molecule has 0 aliphatic carbocycles. The van der Waals surface area contributed by atoms with Crippen LogP contribution in [0.4, 0.5) is 10.1 Å². The molecule has 6 heteroatoms. The summed E-state index contributed by atoms with van der Waals surface area (Å²) in [7, 11) is 0. The monoisotopic (exact) mass is 416 g/mol. The first-order valence-electron chi connectivity index (χ1n) is 9.51. The normalized spacial score (nSPS) is 15.1. The molecule has 1 unspecified atom stereocenters. The topological polar surface area (TPSA) is 58.2 Å². The quantitative estimate of drug-likeness (QED) is 0.468. The number of anilines is 1. The second-order valence-corrected chi connectivity index (χ2v) is 8.16. The molecule has 2 heterocycles. The maximum Gasteiger partial charge on any atom is 0.257 e. The van der Waals surface area contributed by atoms with Gasteiger partial charge in [-0.05, 0) is 42.3 Å². The van der Waals surface area contributed by atoms with Crippen molar-refractivity contribution in [2.24, 2.45) is 0 Å². The second kappa shape index (κ2) is 7.07. The average Bonchev–Trinajstić information content (AvgIpc) is 3.32. The minimum Gasteiger partial charge on any atom is -0.341 e. The molecule has 0 fully saturated rings. The van der Waals surface area contributed by atoms with Crippen LogP contribution in [-0.4, -0.2) is 11.8 Å². The van der Waals surface area contributed by atoms with Gasteiger partial charge in [-0.15, -0.1) is 11.3 Å². The van der Waals surface area contributed by atoms with Gasteiger partial charge in [0.15, 0.2) is 0 Å². The van der Waals surface area contributed by atoms with E-state index in [-0.39, 0.29) is 17.5 Å². The Morgan fingerprint density at radius 1 is 1.07 bits per heavy atom. The molecule has 4 nitrogen and oxygen atoms in total. The SMILES string of the molecule is Cc1ccccc1C1NC(=O)c2cccc(NC(=O)c3csc4cccc(F)c34)c21. The van der Waals surface area contributed by atoms with E-state index in [9.17, 15) is 14.0 Å². The van der Waals surface area contributed by atoms with Gasteiger partial charge in [0, 0.05) is 32.3 Å². The molecule has 1 aliphatic rings. The van der Waals surface area contributed by atoms with E-state index < -0.39 is 11.7 Å². The van der Waals surface area contributed by atoms with E-state index >= 15 is 0 Å². The van der Waals surface area contributed by atoms with Crippen molar-refractivity contribution in [3.05, 3.63) is 99.7 Å². The summed E-state index contributed by atoms with van der Waals surface area (Å²) in [5.41, 5.74) is 4.10. The van der Waals surface area contributed by atoms with Crippen LogP contribution < -0.4 is 10.6 Å². The Morgan fingerprint density at radius 3 is 2.70 bits per heavy atom. The first-order valence-corrected chi connectivity index (χ1v) is 10.4. The average molecular weight is 416 g/mol. The minimum atomic E-state index is -0.424. The Hall–Kier alpha value is -3.51. The van der Waals surface area contributed by atoms with Crippen molar-refractivity contribution in [3.63, 3.8) is 0 Å². The third kappa shape index (κ3) is 2.88. The molecule has 0 saturated carbocycles. The number of halogens is 1. The van der Waals surface area contributed by atoms with Crippen LogP contribution in [0.2, 0.25) is 0 Å². The number of hydrogen-bond donors (Lipinski definition) is 2. The molecule has 0 spiro atoms. The molecule has 1 aliphatic heterocycles. The van der Waals surface area contributed by atoms with Crippen molar-refractivity contribution >= 4 is 38.9 Å². The molecule has 2 amide bonds. The molecule has 5 rings (SSSR count). The van der Waals surface area contributed by atoms with Gasteiger partial charge in [0.25, 0.3) is 11.8 Å². The molecule has 0 saturated heterocycles. The minimum absolute atomic E-state index is 0.179. The molecule has 3 aromatic carbocycles. The summed E-state index contributed by atoms with van der Waals surface area (Å²) in [5, 5.41) is 7.91. The molecule has 30 heavy (non-hydrogen) atoms. The number of carbonyl (C=O) groups excluding carboxylic acids is 2. The lowest BCUT2D eigenvalue weighted by Crippen LogP contribution is -2.21. The van der Waals surface area contributed by atoms with Crippen LogP contribution in [0, 0.1) is 12.7 Å². The van der Waals surface area contributed by atoms with Gasteiger partial charge < -0.3 is 10.6 Å². The molecular formula is C24H17FN2O2S. The number of rotatable bonds is 3. The Labute approximate surface area is 176 Å². The lowest BCUT2D eigenvalue weighted by molar-refractivity contribution is 0.0959. The van der Waals surface area contributed by atoms with Gasteiger partial charge in [0.1, 0.15) is 5.82 Å². The Kier molecular flexibility index (Phi) is 4.37. The third-order valence-corrected chi connectivity index (χ3v) is 6.40. The fourth-order valence-electron chi connectivity index (χ4n) is 4.01. The Morgan fingerprint density at radius 2 is 1.87 bits per heavy atom. The summed E-state index contributed by atoms with van der Waals surface area (Å²) in [6.45, 7) is 1.99. The number of fused-ring (bicyclic) bond motifs is 2. The van der Waals surface area contributed by atoms with Crippen molar-refractivity contribution in [2.45, 2.75) is 13.0 Å². The highest BCUT2D eigenvalue weighted by Crippen LogP contribution is 2.38. The molecule has 0 radical (unpaired) electrons. The van der Waals surface area contributed by atoms with Crippen molar-refractivity contribution < 1.29 is 14.0 Å². The van der Waals surface area contributed by atoms with E-state index in [4.69, 9.17) is 0 Å². The van der Waals surface area contributed by atoms with Crippen molar-refractivity contribution in [1.29, 1.82) is 0 Å². The fraction of sp³-hybridized carbons (Fsp3) is 0.0833. The summed E-state index contributed by atoms with van der Waals surface area (Å²) >= 11 is 1.32. The van der Waals surface area contributed by atoms with Crippen LogP contribution in [0.25, 0.3) is 10.1 Å². The highest BCUT2D eigenvalue weighted by Gasteiger charge is 2.33. The molecule has 1 aromatic heterocycles. The van der Waals surface area contributed by atoms with Gasteiger partial charge in [0.2, 0.25) is 0 Å². The fourth-order valence-corrected chi connectivity index (χ4v) is 4.96. The van der Waals surface area contributed by atoms with Crippen LogP contribution in [0.3, 0.4) is 0 Å². The number of aryl methyl sites for hydroxylation is 1. The largest absolute Gasteiger partial charge is 0.341 e. The van der Waals surface area contributed by atoms with Gasteiger partial charge >= 0.3 is 0 Å². The number of nitrogens with one attached hydrogen (secondary N) is 2. The van der Waals surface area contributed by atoms with Crippen molar-refractivity contribution in [2.75, 3.05) is 5.32 Å². The van der Waals surface area contributed by atoms with Gasteiger partial charge in [-0.25, -0.2) is 4.39 Å². The number of amides is 2. The zero-order valence-corrected chi connectivity index (χ0v) is 16.8. The predicted octanol–water partition coefficient (Wildman–Crippen LogP) is 5.43. The Balaban J connectivity index is 1.58. The maximum atomic E-state index is 14.3.